The van der Waals surface area contributed by atoms with Gasteiger partial charge in [-0.1, -0.05) is 0 Å². The Morgan fingerprint density at radius 2 is 2.23 bits per heavy atom. The number of nitrogens with zero attached hydrogens (tertiary/aromatic N) is 4. The molecule has 0 bridgehead atoms. The fraction of sp³-hybridized carbons (Fsp3) is 0.500. The first-order valence-corrected chi connectivity index (χ1v) is 7.85. The lowest BCUT2D eigenvalue weighted by Crippen LogP contribution is -2.19. The molecule has 22 heavy (non-hydrogen) atoms. The number of aliphatic hydroxyl groups is 1. The van der Waals surface area contributed by atoms with Gasteiger partial charge in [-0.15, -0.1) is 0 Å². The summed E-state index contributed by atoms with van der Waals surface area (Å²) in [6.07, 6.45) is 0.472. The Kier molecular flexibility index (Phi) is 3.85. The quantitative estimate of drug-likeness (QED) is 0.519. The number of nitrogens with two attached hydrogens (primary N) is 1. The molecule has 12 heteroatoms. The lowest BCUT2D eigenvalue weighted by molar-refractivity contribution is -0.0481. The smallest absolute Gasteiger partial charge is 0.388 e. The third-order valence-corrected chi connectivity index (χ3v) is 3.74. The predicted octanol–water partition coefficient (Wildman–Crippen LogP) is -0.834. The summed E-state index contributed by atoms with van der Waals surface area (Å²) in [6.45, 7) is -0.332. The highest BCUT2D eigenvalue weighted by molar-refractivity contribution is 7.46. The molecule has 5 N–H and O–H groups in total. The van der Waals surface area contributed by atoms with Crippen LogP contribution in [0.15, 0.2) is 12.7 Å². The van der Waals surface area contributed by atoms with E-state index in [0.717, 1.165) is 0 Å². The van der Waals surface area contributed by atoms with Crippen LogP contribution in [0.1, 0.15) is 12.6 Å². The number of hydrogen-bond acceptors (Lipinski definition) is 8. The molecule has 1 aliphatic heterocycles. The third-order valence-electron chi connectivity index (χ3n) is 3.26. The van der Waals surface area contributed by atoms with Gasteiger partial charge in [0, 0.05) is 6.42 Å². The van der Waals surface area contributed by atoms with Gasteiger partial charge >= 0.3 is 7.82 Å². The summed E-state index contributed by atoms with van der Waals surface area (Å²) in [5, 5.41) is 10.1. The zero-order chi connectivity index (χ0) is 15.9. The van der Waals surface area contributed by atoms with Gasteiger partial charge in [0.15, 0.2) is 17.7 Å². The lowest BCUT2D eigenvalue weighted by Gasteiger charge is -2.17. The van der Waals surface area contributed by atoms with Crippen molar-refractivity contribution < 1.29 is 28.7 Å². The Balaban J connectivity index is 1.80. The van der Waals surface area contributed by atoms with Crippen LogP contribution in [0.2, 0.25) is 0 Å². The lowest BCUT2D eigenvalue weighted by atomic mass is 10.2. The first kappa shape index (κ1) is 15.3. The van der Waals surface area contributed by atoms with Gasteiger partial charge in [-0.3, -0.25) is 9.09 Å². The topological polar surface area (TPSA) is 166 Å². The van der Waals surface area contributed by atoms with Gasteiger partial charge in [0.05, 0.1) is 19.0 Å². The van der Waals surface area contributed by atoms with Crippen molar-refractivity contribution in [2.24, 2.45) is 0 Å². The van der Waals surface area contributed by atoms with Gasteiger partial charge in [0.2, 0.25) is 0 Å². The molecule has 0 aliphatic carbocycles. The number of aliphatic hydroxyl groups excluding tert-OH is 1. The van der Waals surface area contributed by atoms with Crippen molar-refractivity contribution in [3.8, 4) is 0 Å². The Morgan fingerprint density at radius 3 is 2.95 bits per heavy atom. The zero-order valence-electron chi connectivity index (χ0n) is 11.2. The first-order chi connectivity index (χ1) is 10.3. The maximum Gasteiger partial charge on any atom is 0.469 e. The van der Waals surface area contributed by atoms with E-state index in [2.05, 4.69) is 19.5 Å². The molecule has 2 aromatic heterocycles. The van der Waals surface area contributed by atoms with Crippen molar-refractivity contribution in [1.82, 2.24) is 19.5 Å². The summed E-state index contributed by atoms with van der Waals surface area (Å²) in [7, 11) is -4.58. The van der Waals surface area contributed by atoms with E-state index in [1.165, 1.54) is 17.2 Å². The van der Waals surface area contributed by atoms with Crippen molar-refractivity contribution in [3.05, 3.63) is 12.7 Å². The molecule has 3 atom stereocenters. The van der Waals surface area contributed by atoms with Crippen molar-refractivity contribution in [2.75, 3.05) is 12.3 Å². The van der Waals surface area contributed by atoms with E-state index in [9.17, 15) is 9.67 Å². The Hall–Kier alpha value is -1.62. The molecule has 0 saturated carbocycles. The molecule has 0 radical (unpaired) electrons. The number of phosphoric acid groups is 1. The molecule has 1 saturated heterocycles. The Bertz CT molecular complexity index is 732. The van der Waals surface area contributed by atoms with E-state index in [1.54, 1.807) is 0 Å². The molecule has 1 aliphatic rings. The van der Waals surface area contributed by atoms with E-state index in [-0.39, 0.29) is 18.8 Å². The first-order valence-electron chi connectivity index (χ1n) is 6.32. The van der Waals surface area contributed by atoms with Crippen LogP contribution in [0.25, 0.3) is 11.2 Å². The Labute approximate surface area is 124 Å². The molecule has 120 valence electrons. The van der Waals surface area contributed by atoms with Gasteiger partial charge < -0.3 is 25.4 Å². The highest BCUT2D eigenvalue weighted by Crippen LogP contribution is 2.38. The van der Waals surface area contributed by atoms with Crippen LogP contribution < -0.4 is 5.73 Å². The normalized spacial score (nSPS) is 25.9. The van der Waals surface area contributed by atoms with Gasteiger partial charge in [-0.2, -0.15) is 0 Å². The summed E-state index contributed by atoms with van der Waals surface area (Å²) >= 11 is 0. The number of fused-ring (bicyclic) bond motifs is 1. The zero-order valence-corrected chi connectivity index (χ0v) is 12.1. The number of hydrogen-bond donors (Lipinski definition) is 4. The number of rotatable bonds is 4. The number of ether oxygens (including phenoxy) is 1. The second kappa shape index (κ2) is 5.54. The van der Waals surface area contributed by atoms with Crippen LogP contribution in [-0.2, 0) is 13.8 Å². The van der Waals surface area contributed by atoms with Crippen LogP contribution in [-0.4, -0.2) is 53.2 Å². The molecule has 1 fully saturated rings. The molecule has 3 rings (SSSR count). The summed E-state index contributed by atoms with van der Waals surface area (Å²) in [5.74, 6) is 0.206. The SMILES string of the molecule is Nc1ncnc2c1ncn2C1O[C@H](COP(=O)(O)O)CC1O. The minimum atomic E-state index is -4.58. The molecule has 2 aromatic rings. The number of phosphoric ester groups is 1. The summed E-state index contributed by atoms with van der Waals surface area (Å²) in [5.41, 5.74) is 6.47. The monoisotopic (exact) mass is 331 g/mol. The fourth-order valence-electron chi connectivity index (χ4n) is 2.32. The largest absolute Gasteiger partial charge is 0.469 e. The summed E-state index contributed by atoms with van der Waals surface area (Å²) in [4.78, 5) is 29.3. The van der Waals surface area contributed by atoms with Crippen LogP contribution >= 0.6 is 7.82 Å². The van der Waals surface area contributed by atoms with Gasteiger partial charge in [-0.25, -0.2) is 19.5 Å². The Morgan fingerprint density at radius 1 is 1.45 bits per heavy atom. The van der Waals surface area contributed by atoms with Crippen LogP contribution in [0.3, 0.4) is 0 Å². The number of nitrogen functional groups attached to an aromatic ring is 1. The number of anilines is 1. The molecule has 0 spiro atoms. The van der Waals surface area contributed by atoms with Crippen molar-refractivity contribution in [1.29, 1.82) is 0 Å². The van der Waals surface area contributed by atoms with Crippen LogP contribution in [0.5, 0.6) is 0 Å². The van der Waals surface area contributed by atoms with Crippen LogP contribution in [0.4, 0.5) is 5.82 Å². The van der Waals surface area contributed by atoms with E-state index < -0.39 is 26.3 Å². The highest BCUT2D eigenvalue weighted by atomic mass is 31.2. The van der Waals surface area contributed by atoms with Crippen molar-refractivity contribution in [2.45, 2.75) is 24.9 Å². The highest BCUT2D eigenvalue weighted by Gasteiger charge is 2.37. The summed E-state index contributed by atoms with van der Waals surface area (Å²) < 4.78 is 22.2. The number of aromatic nitrogens is 4. The maximum atomic E-state index is 10.7. The predicted molar refractivity (Wildman–Crippen MR) is 72.3 cm³/mol. The minimum absolute atomic E-state index is 0.158. The van der Waals surface area contributed by atoms with E-state index in [1.807, 2.05) is 0 Å². The second-order valence-electron chi connectivity index (χ2n) is 4.82. The van der Waals surface area contributed by atoms with E-state index in [0.29, 0.717) is 11.2 Å². The average Bonchev–Trinajstić information content (AvgIpc) is 3.00. The molecular weight excluding hydrogens is 317 g/mol. The average molecular weight is 331 g/mol. The third kappa shape index (κ3) is 2.95. The molecule has 3 heterocycles. The van der Waals surface area contributed by atoms with Crippen molar-refractivity contribution >= 4 is 24.8 Å². The molecular formula is C10H14N5O6P. The fourth-order valence-corrected chi connectivity index (χ4v) is 2.68. The van der Waals surface area contributed by atoms with Gasteiger partial charge in [-0.05, 0) is 0 Å². The van der Waals surface area contributed by atoms with E-state index in [4.69, 9.17) is 20.3 Å². The van der Waals surface area contributed by atoms with Gasteiger partial charge in [0.25, 0.3) is 0 Å². The summed E-state index contributed by atoms with van der Waals surface area (Å²) in [6, 6.07) is 0. The molecule has 11 nitrogen and oxygen atoms in total. The molecule has 0 aromatic carbocycles. The van der Waals surface area contributed by atoms with Crippen molar-refractivity contribution in [3.63, 3.8) is 0 Å². The van der Waals surface area contributed by atoms with Crippen LogP contribution in [0, 0.1) is 0 Å². The maximum absolute atomic E-state index is 10.7. The second-order valence-corrected chi connectivity index (χ2v) is 6.06. The molecule has 0 amide bonds. The van der Waals surface area contributed by atoms with Gasteiger partial charge in [0.1, 0.15) is 17.9 Å². The van der Waals surface area contributed by atoms with E-state index >= 15 is 0 Å². The number of imidazole rings is 1. The standard InChI is InChI=1S/C10H14N5O6P/c11-8-7-9(13-3-12-8)15(4-14-7)10-6(16)1-5(21-10)2-20-22(17,18)19/h3-6,10,16H,1-2H2,(H2,11,12,13)(H2,17,18,19)/t5-,6?,10?/m0/s1. The minimum Gasteiger partial charge on any atom is -0.388 e. The molecule has 2 unspecified atom stereocenters.